The molecule has 3 rings (SSSR count). The van der Waals surface area contributed by atoms with Crippen molar-refractivity contribution in [3.8, 4) is 17.7 Å². The smallest absolute Gasteiger partial charge is 0.265 e. The zero-order chi connectivity index (χ0) is 19.3. The number of aromatic nitrogens is 1. The summed E-state index contributed by atoms with van der Waals surface area (Å²) >= 11 is 0. The second-order valence-electron chi connectivity index (χ2n) is 5.58. The summed E-state index contributed by atoms with van der Waals surface area (Å²) in [6, 6.07) is 20.5. The average molecular weight is 379 g/mol. The van der Waals surface area contributed by atoms with Crippen molar-refractivity contribution in [1.82, 2.24) is 4.98 Å². The van der Waals surface area contributed by atoms with Crippen LogP contribution in [-0.2, 0) is 10.0 Å². The van der Waals surface area contributed by atoms with Crippen LogP contribution >= 0.6 is 0 Å². The van der Waals surface area contributed by atoms with Crippen molar-refractivity contribution in [2.45, 2.75) is 11.8 Å². The van der Waals surface area contributed by atoms with E-state index in [1.807, 2.05) is 12.1 Å². The summed E-state index contributed by atoms with van der Waals surface area (Å²) in [6.45, 7) is 2.08. The molecule has 0 saturated carbocycles. The molecule has 7 heteroatoms. The monoisotopic (exact) mass is 379 g/mol. The number of nitriles is 1. The summed E-state index contributed by atoms with van der Waals surface area (Å²) in [6.07, 6.45) is 1.28. The van der Waals surface area contributed by atoms with Crippen molar-refractivity contribution in [2.75, 3.05) is 10.8 Å². The molecule has 0 aliphatic rings. The number of rotatable bonds is 6. The van der Waals surface area contributed by atoms with Gasteiger partial charge in [0.05, 0.1) is 23.5 Å². The Balaban J connectivity index is 1.82. The van der Waals surface area contributed by atoms with E-state index in [-0.39, 0.29) is 10.8 Å². The highest BCUT2D eigenvalue weighted by atomic mass is 32.2. The minimum absolute atomic E-state index is 0.0837. The number of ether oxygens (including phenoxy) is 1. The highest BCUT2D eigenvalue weighted by Crippen LogP contribution is 2.25. The summed E-state index contributed by atoms with van der Waals surface area (Å²) in [5.41, 5.74) is 1.12. The van der Waals surface area contributed by atoms with Gasteiger partial charge in [0.25, 0.3) is 10.0 Å². The fourth-order valence-corrected chi connectivity index (χ4v) is 3.93. The minimum Gasteiger partial charge on any atom is -0.439 e. The van der Waals surface area contributed by atoms with Crippen LogP contribution in [0.4, 0.5) is 5.69 Å². The van der Waals surface area contributed by atoms with Crippen LogP contribution in [-0.4, -0.2) is 19.9 Å². The first-order valence-corrected chi connectivity index (χ1v) is 9.70. The lowest BCUT2D eigenvalue weighted by atomic mass is 10.2. The predicted molar refractivity (Wildman–Crippen MR) is 102 cm³/mol. The Morgan fingerprint density at radius 1 is 1.04 bits per heavy atom. The van der Waals surface area contributed by atoms with Gasteiger partial charge in [-0.15, -0.1) is 0 Å². The topological polar surface area (TPSA) is 83.3 Å². The van der Waals surface area contributed by atoms with Gasteiger partial charge in [0.1, 0.15) is 10.6 Å². The van der Waals surface area contributed by atoms with E-state index >= 15 is 0 Å². The zero-order valence-electron chi connectivity index (χ0n) is 14.6. The quantitative estimate of drug-likeness (QED) is 0.647. The van der Waals surface area contributed by atoms with E-state index in [9.17, 15) is 8.42 Å². The summed E-state index contributed by atoms with van der Waals surface area (Å²) < 4.78 is 32.7. The molecule has 2 aromatic carbocycles. The van der Waals surface area contributed by atoms with Crippen LogP contribution in [0.25, 0.3) is 0 Å². The molecule has 1 heterocycles. The second kappa shape index (κ2) is 7.89. The van der Waals surface area contributed by atoms with Crippen LogP contribution in [0.5, 0.6) is 11.6 Å². The molecule has 0 bridgehead atoms. The summed E-state index contributed by atoms with van der Waals surface area (Å²) in [7, 11) is -3.72. The van der Waals surface area contributed by atoms with E-state index < -0.39 is 10.0 Å². The first-order valence-electron chi connectivity index (χ1n) is 8.26. The number of benzene rings is 2. The van der Waals surface area contributed by atoms with Gasteiger partial charge in [-0.1, -0.05) is 18.2 Å². The van der Waals surface area contributed by atoms with Gasteiger partial charge in [-0.05, 0) is 49.4 Å². The molecule has 0 N–H and O–H groups in total. The Morgan fingerprint density at radius 2 is 1.74 bits per heavy atom. The molecule has 0 radical (unpaired) electrons. The predicted octanol–water partition coefficient (Wildman–Crippen LogP) is 3.96. The molecule has 27 heavy (non-hydrogen) atoms. The standard InChI is InChI=1S/C20H17N3O3S/c1-2-23(17-6-4-3-5-7-17)27(24,25)19-12-13-20(22-15-19)26-18-10-8-16(14-21)9-11-18/h3-13,15H,2H2,1H3. The van der Waals surface area contributed by atoms with Gasteiger partial charge in [-0.25, -0.2) is 13.4 Å². The molecule has 6 nitrogen and oxygen atoms in total. The third kappa shape index (κ3) is 4.07. The normalized spacial score (nSPS) is 10.8. The van der Waals surface area contributed by atoms with Crippen molar-refractivity contribution in [3.05, 3.63) is 78.5 Å². The maximum absolute atomic E-state index is 12.9. The first-order chi connectivity index (χ1) is 13.0. The molecule has 0 atom stereocenters. The van der Waals surface area contributed by atoms with Crippen LogP contribution in [0.3, 0.4) is 0 Å². The van der Waals surface area contributed by atoms with E-state index in [0.717, 1.165) is 0 Å². The van der Waals surface area contributed by atoms with Crippen LogP contribution in [0, 0.1) is 11.3 Å². The molecular formula is C20H17N3O3S. The Morgan fingerprint density at radius 3 is 2.30 bits per heavy atom. The Bertz CT molecular complexity index is 1040. The molecule has 0 aliphatic heterocycles. The molecule has 0 saturated heterocycles. The average Bonchev–Trinajstić information content (AvgIpc) is 2.70. The molecule has 0 unspecified atom stereocenters. The summed E-state index contributed by atoms with van der Waals surface area (Å²) in [5, 5.41) is 8.81. The van der Waals surface area contributed by atoms with Gasteiger partial charge in [-0.2, -0.15) is 5.26 Å². The third-order valence-electron chi connectivity index (χ3n) is 3.83. The van der Waals surface area contributed by atoms with Gasteiger partial charge >= 0.3 is 0 Å². The zero-order valence-corrected chi connectivity index (χ0v) is 15.4. The van der Waals surface area contributed by atoms with E-state index in [0.29, 0.717) is 23.5 Å². The lowest BCUT2D eigenvalue weighted by molar-refractivity contribution is 0.462. The maximum atomic E-state index is 12.9. The number of pyridine rings is 1. The second-order valence-corrected chi connectivity index (χ2v) is 7.44. The van der Waals surface area contributed by atoms with Crippen LogP contribution < -0.4 is 9.04 Å². The van der Waals surface area contributed by atoms with Crippen molar-refractivity contribution in [3.63, 3.8) is 0 Å². The highest BCUT2D eigenvalue weighted by Gasteiger charge is 2.23. The van der Waals surface area contributed by atoms with Gasteiger partial charge in [-0.3, -0.25) is 4.31 Å². The van der Waals surface area contributed by atoms with Crippen LogP contribution in [0.1, 0.15) is 12.5 Å². The SMILES string of the molecule is CCN(c1ccccc1)S(=O)(=O)c1ccc(Oc2ccc(C#N)cc2)nc1. The maximum Gasteiger partial charge on any atom is 0.265 e. The van der Waals surface area contributed by atoms with Crippen LogP contribution in [0.2, 0.25) is 0 Å². The Kier molecular flexibility index (Phi) is 5.38. The fourth-order valence-electron chi connectivity index (χ4n) is 2.51. The lowest BCUT2D eigenvalue weighted by Crippen LogP contribution is -2.30. The Labute approximate surface area is 158 Å². The van der Waals surface area contributed by atoms with E-state index in [2.05, 4.69) is 4.98 Å². The van der Waals surface area contributed by atoms with Gasteiger partial charge in [0.15, 0.2) is 0 Å². The molecule has 0 amide bonds. The van der Waals surface area contributed by atoms with Crippen LogP contribution in [0.15, 0.2) is 77.8 Å². The van der Waals surface area contributed by atoms with Gasteiger partial charge < -0.3 is 4.74 Å². The fraction of sp³-hybridized carbons (Fsp3) is 0.100. The van der Waals surface area contributed by atoms with Gasteiger partial charge in [0, 0.05) is 12.6 Å². The summed E-state index contributed by atoms with van der Waals surface area (Å²) in [5.74, 6) is 0.776. The molecule has 1 aromatic heterocycles. The van der Waals surface area contributed by atoms with E-state index in [4.69, 9.17) is 10.00 Å². The minimum atomic E-state index is -3.72. The number of para-hydroxylation sites is 1. The van der Waals surface area contributed by atoms with Gasteiger partial charge in [0.2, 0.25) is 5.88 Å². The molecule has 0 spiro atoms. The highest BCUT2D eigenvalue weighted by molar-refractivity contribution is 7.92. The molecule has 0 aliphatic carbocycles. The van der Waals surface area contributed by atoms with E-state index in [1.54, 1.807) is 55.5 Å². The largest absolute Gasteiger partial charge is 0.439 e. The van der Waals surface area contributed by atoms with Crippen molar-refractivity contribution in [2.24, 2.45) is 0 Å². The van der Waals surface area contributed by atoms with E-state index in [1.165, 1.54) is 22.6 Å². The number of nitrogens with zero attached hydrogens (tertiary/aromatic N) is 3. The van der Waals surface area contributed by atoms with Crippen molar-refractivity contribution < 1.29 is 13.2 Å². The van der Waals surface area contributed by atoms with Crippen molar-refractivity contribution >= 4 is 15.7 Å². The Hall–Kier alpha value is -3.37. The van der Waals surface area contributed by atoms with Crippen molar-refractivity contribution in [1.29, 1.82) is 5.26 Å². The number of anilines is 1. The number of hydrogen-bond donors (Lipinski definition) is 0. The first kappa shape index (κ1) is 18.4. The molecular weight excluding hydrogens is 362 g/mol. The molecule has 0 fully saturated rings. The third-order valence-corrected chi connectivity index (χ3v) is 5.72. The number of sulfonamides is 1. The summed E-state index contributed by atoms with van der Waals surface area (Å²) in [4.78, 5) is 4.18. The lowest BCUT2D eigenvalue weighted by Gasteiger charge is -2.22. The molecule has 136 valence electrons. The molecule has 3 aromatic rings. The number of hydrogen-bond acceptors (Lipinski definition) is 5.